The van der Waals surface area contributed by atoms with Crippen molar-refractivity contribution in [2.24, 2.45) is 11.8 Å². The van der Waals surface area contributed by atoms with Gasteiger partial charge < -0.3 is 10.4 Å². The SMILES string of the molecule is CCc1cccc2c1NC(=O)[C@]21N[C@H]([C@@H](C)O)[C@H]2C(=O)N(CCc3ccccc3)C(=O)[C@@H]21. The summed E-state index contributed by atoms with van der Waals surface area (Å²) in [6.07, 6.45) is 0.364. The summed E-state index contributed by atoms with van der Waals surface area (Å²) in [5.74, 6) is -2.69. The van der Waals surface area contributed by atoms with E-state index in [1.165, 1.54) is 4.90 Å². The van der Waals surface area contributed by atoms with Gasteiger partial charge in [-0.2, -0.15) is 0 Å². The normalized spacial score (nSPS) is 29.4. The number of rotatable bonds is 5. The van der Waals surface area contributed by atoms with Gasteiger partial charge in [0.2, 0.25) is 17.7 Å². The quantitative estimate of drug-likeness (QED) is 0.622. The first-order valence-electron chi connectivity index (χ1n) is 11.2. The minimum atomic E-state index is -1.36. The maximum atomic E-state index is 13.7. The standard InChI is InChI=1S/C25H27N3O4/c1-3-16-10-7-11-17-21(16)26-24(32)25(17)19-18(20(27-25)14(2)29)22(30)28(23(19)31)13-12-15-8-5-4-6-9-15/h4-11,14,18-20,27,29H,3,12-13H2,1-2H3,(H,26,32)/t14-,18+,19-,20-,25+/m1/s1. The van der Waals surface area contributed by atoms with Crippen molar-refractivity contribution in [1.29, 1.82) is 0 Å². The van der Waals surface area contributed by atoms with Crippen molar-refractivity contribution in [1.82, 2.24) is 10.2 Å². The van der Waals surface area contributed by atoms with Gasteiger partial charge in [0.05, 0.1) is 17.9 Å². The summed E-state index contributed by atoms with van der Waals surface area (Å²) in [6.45, 7) is 3.85. The van der Waals surface area contributed by atoms with Gasteiger partial charge in [0.15, 0.2) is 0 Å². The van der Waals surface area contributed by atoms with E-state index in [-0.39, 0.29) is 24.3 Å². The molecule has 3 aliphatic rings. The molecule has 3 amide bonds. The monoisotopic (exact) mass is 433 g/mol. The van der Waals surface area contributed by atoms with E-state index in [0.29, 0.717) is 17.7 Å². The third-order valence-electron chi connectivity index (χ3n) is 7.23. The molecule has 3 heterocycles. The van der Waals surface area contributed by atoms with Gasteiger partial charge in [-0.25, -0.2) is 0 Å². The fourth-order valence-electron chi connectivity index (χ4n) is 5.69. The summed E-state index contributed by atoms with van der Waals surface area (Å²) < 4.78 is 0. The summed E-state index contributed by atoms with van der Waals surface area (Å²) in [5, 5.41) is 16.7. The topological polar surface area (TPSA) is 98.7 Å². The lowest BCUT2D eigenvalue weighted by atomic mass is 9.76. The molecule has 7 nitrogen and oxygen atoms in total. The van der Waals surface area contributed by atoms with Crippen LogP contribution in [-0.4, -0.2) is 46.4 Å². The number of nitrogens with zero attached hydrogens (tertiary/aromatic N) is 1. The molecule has 5 atom stereocenters. The van der Waals surface area contributed by atoms with Crippen molar-refractivity contribution in [3.63, 3.8) is 0 Å². The van der Waals surface area contributed by atoms with E-state index in [1.807, 2.05) is 55.5 Å². The highest BCUT2D eigenvalue weighted by molar-refractivity contribution is 6.15. The Morgan fingerprint density at radius 1 is 1.06 bits per heavy atom. The molecule has 2 aromatic carbocycles. The van der Waals surface area contributed by atoms with Crippen molar-refractivity contribution < 1.29 is 19.5 Å². The smallest absolute Gasteiger partial charge is 0.250 e. The maximum absolute atomic E-state index is 13.7. The highest BCUT2D eigenvalue weighted by Gasteiger charge is 2.71. The van der Waals surface area contributed by atoms with Gasteiger partial charge in [-0.3, -0.25) is 24.6 Å². The van der Waals surface area contributed by atoms with Crippen LogP contribution in [0.25, 0.3) is 0 Å². The average Bonchev–Trinajstić information content (AvgIpc) is 3.38. The largest absolute Gasteiger partial charge is 0.392 e. The van der Waals surface area contributed by atoms with Crippen LogP contribution in [0.15, 0.2) is 48.5 Å². The van der Waals surface area contributed by atoms with Crippen LogP contribution in [0, 0.1) is 11.8 Å². The summed E-state index contributed by atoms with van der Waals surface area (Å²) in [5.41, 5.74) is 2.04. The number of benzene rings is 2. The molecule has 0 saturated carbocycles. The summed E-state index contributed by atoms with van der Waals surface area (Å²) in [7, 11) is 0. The Kier molecular flexibility index (Phi) is 4.91. The first-order valence-corrected chi connectivity index (χ1v) is 11.2. The van der Waals surface area contributed by atoms with Crippen LogP contribution in [0.2, 0.25) is 0 Å². The third kappa shape index (κ3) is 2.77. The van der Waals surface area contributed by atoms with Crippen LogP contribution in [-0.2, 0) is 32.8 Å². The number of amides is 3. The van der Waals surface area contributed by atoms with Crippen molar-refractivity contribution in [3.05, 3.63) is 65.2 Å². The van der Waals surface area contributed by atoms with Crippen molar-refractivity contribution in [2.75, 3.05) is 11.9 Å². The molecule has 2 aromatic rings. The number of hydrogen-bond acceptors (Lipinski definition) is 5. The molecule has 5 rings (SSSR count). The van der Waals surface area contributed by atoms with E-state index < -0.39 is 29.5 Å². The van der Waals surface area contributed by atoms with E-state index in [1.54, 1.807) is 6.92 Å². The first-order chi connectivity index (χ1) is 15.4. The highest BCUT2D eigenvalue weighted by Crippen LogP contribution is 2.53. The molecule has 32 heavy (non-hydrogen) atoms. The van der Waals surface area contributed by atoms with Crippen molar-refractivity contribution >= 4 is 23.4 Å². The molecular weight excluding hydrogens is 406 g/mol. The minimum Gasteiger partial charge on any atom is -0.392 e. The number of carbonyl (C=O) groups is 3. The van der Waals surface area contributed by atoms with E-state index >= 15 is 0 Å². The Morgan fingerprint density at radius 2 is 1.81 bits per heavy atom. The lowest BCUT2D eigenvalue weighted by Crippen LogP contribution is -2.54. The second-order valence-corrected chi connectivity index (χ2v) is 8.93. The molecule has 3 aliphatic heterocycles. The molecule has 3 N–H and O–H groups in total. The number of hydrogen-bond donors (Lipinski definition) is 3. The van der Waals surface area contributed by atoms with Crippen LogP contribution < -0.4 is 10.6 Å². The number of nitrogens with one attached hydrogen (secondary N) is 2. The molecule has 166 valence electrons. The van der Waals surface area contributed by atoms with Crippen LogP contribution in [0.5, 0.6) is 0 Å². The molecule has 0 aliphatic carbocycles. The number of imide groups is 1. The molecule has 2 fully saturated rings. The number of likely N-dealkylation sites (tertiary alicyclic amines) is 1. The van der Waals surface area contributed by atoms with Crippen molar-refractivity contribution in [3.8, 4) is 0 Å². The summed E-state index contributed by atoms with van der Waals surface area (Å²) in [4.78, 5) is 41.8. The number of aryl methyl sites for hydroxylation is 1. The molecule has 0 bridgehead atoms. The number of carbonyl (C=O) groups excluding carboxylic acids is 3. The van der Waals surface area contributed by atoms with Gasteiger partial charge >= 0.3 is 0 Å². The lowest BCUT2D eigenvalue weighted by Gasteiger charge is -2.30. The number of aliphatic hydroxyl groups is 1. The van der Waals surface area contributed by atoms with Crippen LogP contribution >= 0.6 is 0 Å². The lowest BCUT2D eigenvalue weighted by molar-refractivity contribution is -0.143. The molecule has 7 heteroatoms. The zero-order chi connectivity index (χ0) is 22.6. The molecule has 2 saturated heterocycles. The van der Waals surface area contributed by atoms with Gasteiger partial charge in [0.1, 0.15) is 5.54 Å². The second kappa shape index (κ2) is 7.53. The fourth-order valence-corrected chi connectivity index (χ4v) is 5.69. The summed E-state index contributed by atoms with van der Waals surface area (Å²) in [6, 6.07) is 14.6. The number of fused-ring (bicyclic) bond motifs is 4. The van der Waals surface area contributed by atoms with Gasteiger partial charge in [-0.05, 0) is 30.9 Å². The van der Waals surface area contributed by atoms with E-state index in [0.717, 1.165) is 17.5 Å². The molecule has 0 unspecified atom stereocenters. The molecule has 1 spiro atoms. The third-order valence-corrected chi connectivity index (χ3v) is 7.23. The number of anilines is 1. The zero-order valence-electron chi connectivity index (χ0n) is 18.2. The van der Waals surface area contributed by atoms with Crippen molar-refractivity contribution in [2.45, 2.75) is 44.4 Å². The summed E-state index contributed by atoms with van der Waals surface area (Å²) >= 11 is 0. The van der Waals surface area contributed by atoms with E-state index in [4.69, 9.17) is 0 Å². The van der Waals surface area contributed by atoms with Gasteiger partial charge in [-0.1, -0.05) is 55.5 Å². The Labute approximate surface area is 186 Å². The van der Waals surface area contributed by atoms with Crippen LogP contribution in [0.4, 0.5) is 5.69 Å². The Bertz CT molecular complexity index is 1100. The molecule has 0 radical (unpaired) electrons. The first kappa shape index (κ1) is 20.8. The minimum absolute atomic E-state index is 0.251. The molecule has 0 aromatic heterocycles. The van der Waals surface area contributed by atoms with E-state index in [2.05, 4.69) is 10.6 Å². The van der Waals surface area contributed by atoms with Gasteiger partial charge in [-0.15, -0.1) is 0 Å². The Balaban J connectivity index is 1.56. The van der Waals surface area contributed by atoms with E-state index in [9.17, 15) is 19.5 Å². The number of aliphatic hydroxyl groups excluding tert-OH is 1. The number of para-hydroxylation sites is 1. The Morgan fingerprint density at radius 3 is 2.50 bits per heavy atom. The van der Waals surface area contributed by atoms with Crippen LogP contribution in [0.3, 0.4) is 0 Å². The van der Waals surface area contributed by atoms with Gasteiger partial charge in [0, 0.05) is 23.8 Å². The second-order valence-electron chi connectivity index (χ2n) is 8.93. The fraction of sp³-hybridized carbons (Fsp3) is 0.400. The van der Waals surface area contributed by atoms with Crippen LogP contribution in [0.1, 0.15) is 30.5 Å². The maximum Gasteiger partial charge on any atom is 0.250 e. The average molecular weight is 434 g/mol. The Hall–Kier alpha value is -3.03. The zero-order valence-corrected chi connectivity index (χ0v) is 18.2. The highest BCUT2D eigenvalue weighted by atomic mass is 16.3. The predicted octanol–water partition coefficient (Wildman–Crippen LogP) is 1.59. The predicted molar refractivity (Wildman–Crippen MR) is 119 cm³/mol. The van der Waals surface area contributed by atoms with Gasteiger partial charge in [0.25, 0.3) is 0 Å². The molecular formula is C25H27N3O4.